The van der Waals surface area contributed by atoms with Gasteiger partial charge < -0.3 is 10.1 Å². The number of ether oxygens (including phenoxy) is 1. The molecule has 0 atom stereocenters. The van der Waals surface area contributed by atoms with Crippen molar-refractivity contribution in [1.29, 1.82) is 0 Å². The maximum Gasteiger partial charge on any atom is 0.235 e. The van der Waals surface area contributed by atoms with Crippen LogP contribution in [0.5, 0.6) is 5.88 Å². The third kappa shape index (κ3) is 7.01. The van der Waals surface area contributed by atoms with Crippen molar-refractivity contribution in [3.63, 3.8) is 0 Å². The van der Waals surface area contributed by atoms with Gasteiger partial charge in [0.1, 0.15) is 12.5 Å². The van der Waals surface area contributed by atoms with Crippen molar-refractivity contribution in [3.8, 4) is 5.88 Å². The van der Waals surface area contributed by atoms with Crippen molar-refractivity contribution >= 4 is 17.5 Å². The smallest absolute Gasteiger partial charge is 0.235 e. The summed E-state index contributed by atoms with van der Waals surface area (Å²) >= 11 is 5.38. The second kappa shape index (κ2) is 10.2. The molecule has 126 valence electrons. The fraction of sp³-hybridized carbons (Fsp3) is 0.529. The lowest BCUT2D eigenvalue weighted by Crippen LogP contribution is -2.29. The first-order valence-corrected chi connectivity index (χ1v) is 8.59. The summed E-state index contributed by atoms with van der Waals surface area (Å²) in [4.78, 5) is 17.6. The Morgan fingerprint density at radius 3 is 2.96 bits per heavy atom. The predicted molar refractivity (Wildman–Crippen MR) is 91.7 cm³/mol. The highest BCUT2D eigenvalue weighted by Crippen LogP contribution is 2.15. The number of hydrogen-bond acceptors (Lipinski definition) is 4. The van der Waals surface area contributed by atoms with E-state index < -0.39 is 0 Å². The average Bonchev–Trinajstić information content (AvgIpc) is 2.59. The van der Waals surface area contributed by atoms with Crippen LogP contribution in [0.3, 0.4) is 0 Å². The maximum atomic E-state index is 10.9. The minimum atomic E-state index is -0.177. The summed E-state index contributed by atoms with van der Waals surface area (Å²) < 4.78 is 5.61. The van der Waals surface area contributed by atoms with Crippen LogP contribution >= 0.6 is 11.6 Å². The van der Waals surface area contributed by atoms with Crippen molar-refractivity contribution < 1.29 is 9.53 Å². The predicted octanol–water partition coefficient (Wildman–Crippen LogP) is 2.36. The molecule has 1 N–H and O–H groups in total. The minimum Gasteiger partial charge on any atom is -0.473 e. The number of hydrogen-bond donors (Lipinski definition) is 1. The van der Waals surface area contributed by atoms with Gasteiger partial charge in [0.05, 0.1) is 0 Å². The third-order valence-electron chi connectivity index (χ3n) is 3.69. The minimum absolute atomic E-state index is 0.0158. The molecule has 0 aliphatic carbocycles. The van der Waals surface area contributed by atoms with Crippen LogP contribution in [0.2, 0.25) is 0 Å². The van der Waals surface area contributed by atoms with Crippen LogP contribution in [0.15, 0.2) is 30.5 Å². The lowest BCUT2D eigenvalue weighted by atomic mass is 10.1. The normalized spacial score (nSPS) is 15.7. The second-order valence-corrected chi connectivity index (χ2v) is 5.83. The molecule has 1 aliphatic rings. The zero-order valence-electron chi connectivity index (χ0n) is 13.3. The number of likely N-dealkylation sites (tertiary alicyclic amines) is 1. The van der Waals surface area contributed by atoms with E-state index in [1.165, 1.54) is 37.9 Å². The first kappa shape index (κ1) is 17.8. The summed E-state index contributed by atoms with van der Waals surface area (Å²) in [6, 6.07) is 4.04. The zero-order valence-corrected chi connectivity index (χ0v) is 14.1. The molecule has 1 fully saturated rings. The van der Waals surface area contributed by atoms with Crippen molar-refractivity contribution in [2.45, 2.75) is 25.8 Å². The summed E-state index contributed by atoms with van der Waals surface area (Å²) in [6.07, 6.45) is 9.41. The first-order chi connectivity index (χ1) is 11.3. The van der Waals surface area contributed by atoms with Crippen LogP contribution in [-0.4, -0.2) is 47.9 Å². The summed E-state index contributed by atoms with van der Waals surface area (Å²) in [6.45, 7) is 4.19. The van der Waals surface area contributed by atoms with Gasteiger partial charge in [-0.15, -0.1) is 11.6 Å². The number of piperidine rings is 1. The number of carbonyl (C=O) groups is 1. The summed E-state index contributed by atoms with van der Waals surface area (Å²) in [5.74, 6) is 0.441. The molecule has 2 rings (SSSR count). The highest BCUT2D eigenvalue weighted by atomic mass is 35.5. The van der Waals surface area contributed by atoms with E-state index in [1.807, 2.05) is 24.3 Å². The Bertz CT molecular complexity index is 516. The van der Waals surface area contributed by atoms with Gasteiger partial charge in [0.25, 0.3) is 0 Å². The van der Waals surface area contributed by atoms with E-state index in [0.717, 1.165) is 6.54 Å². The van der Waals surface area contributed by atoms with Gasteiger partial charge in [0.15, 0.2) is 0 Å². The van der Waals surface area contributed by atoms with Gasteiger partial charge in [-0.1, -0.05) is 12.5 Å². The van der Waals surface area contributed by atoms with Crippen molar-refractivity contribution in [2.24, 2.45) is 0 Å². The van der Waals surface area contributed by atoms with E-state index in [2.05, 4.69) is 15.2 Å². The van der Waals surface area contributed by atoms with Crippen LogP contribution in [0.25, 0.3) is 0 Å². The van der Waals surface area contributed by atoms with E-state index in [0.29, 0.717) is 19.0 Å². The van der Waals surface area contributed by atoms with Crippen molar-refractivity contribution in [1.82, 2.24) is 15.2 Å². The quantitative estimate of drug-likeness (QED) is 0.584. The second-order valence-electron chi connectivity index (χ2n) is 5.56. The third-order valence-corrected chi connectivity index (χ3v) is 3.93. The molecule has 1 amide bonds. The van der Waals surface area contributed by atoms with Crippen LogP contribution in [-0.2, 0) is 11.3 Å². The first-order valence-electron chi connectivity index (χ1n) is 8.05. The number of aromatic nitrogens is 1. The molecular weight excluding hydrogens is 314 g/mol. The van der Waals surface area contributed by atoms with Gasteiger partial charge in [-0.3, -0.25) is 9.69 Å². The number of pyridine rings is 1. The van der Waals surface area contributed by atoms with E-state index in [9.17, 15) is 4.79 Å². The Morgan fingerprint density at radius 2 is 2.17 bits per heavy atom. The Kier molecular flexibility index (Phi) is 7.90. The fourth-order valence-electron chi connectivity index (χ4n) is 2.51. The monoisotopic (exact) mass is 337 g/mol. The van der Waals surface area contributed by atoms with E-state index in [-0.39, 0.29) is 11.8 Å². The molecule has 0 bridgehead atoms. The number of nitrogens with one attached hydrogen (secondary N) is 1. The standard InChI is InChI=1S/C17H24ClN3O2/c18-13-16(22)19-7-2-5-11-23-17-12-15(6-8-20-17)14-21-9-3-1-4-10-21/h2,5-6,8,12H,1,3-4,7,9-11,13-14H2,(H,19,22)/b5-2-. The van der Waals surface area contributed by atoms with Gasteiger partial charge in [0, 0.05) is 25.4 Å². The van der Waals surface area contributed by atoms with Gasteiger partial charge in [-0.05, 0) is 43.6 Å². The summed E-state index contributed by atoms with van der Waals surface area (Å²) in [5, 5.41) is 2.65. The molecule has 0 spiro atoms. The van der Waals surface area contributed by atoms with Gasteiger partial charge in [0.2, 0.25) is 11.8 Å². The average molecular weight is 338 g/mol. The molecule has 0 saturated carbocycles. The number of nitrogens with zero attached hydrogens (tertiary/aromatic N) is 2. The summed E-state index contributed by atoms with van der Waals surface area (Å²) in [7, 11) is 0. The molecule has 1 aromatic heterocycles. The zero-order chi connectivity index (χ0) is 16.3. The van der Waals surface area contributed by atoms with Crippen molar-refractivity contribution in [3.05, 3.63) is 36.0 Å². The molecule has 1 aliphatic heterocycles. The van der Waals surface area contributed by atoms with E-state index in [1.54, 1.807) is 6.20 Å². The van der Waals surface area contributed by atoms with Crippen LogP contribution in [0.4, 0.5) is 0 Å². The molecule has 2 heterocycles. The highest BCUT2D eigenvalue weighted by Gasteiger charge is 2.10. The molecule has 6 heteroatoms. The molecular formula is C17H24ClN3O2. The molecule has 23 heavy (non-hydrogen) atoms. The number of alkyl halides is 1. The molecule has 0 aromatic carbocycles. The van der Waals surface area contributed by atoms with E-state index in [4.69, 9.17) is 16.3 Å². The maximum absolute atomic E-state index is 10.9. The largest absolute Gasteiger partial charge is 0.473 e. The molecule has 0 unspecified atom stereocenters. The topological polar surface area (TPSA) is 54.5 Å². The molecule has 0 radical (unpaired) electrons. The lowest BCUT2D eigenvalue weighted by molar-refractivity contribution is -0.118. The molecule has 1 aromatic rings. The van der Waals surface area contributed by atoms with E-state index >= 15 is 0 Å². The van der Waals surface area contributed by atoms with Crippen LogP contribution in [0, 0.1) is 0 Å². The Hall–Kier alpha value is -1.59. The Morgan fingerprint density at radius 1 is 1.35 bits per heavy atom. The molecule has 1 saturated heterocycles. The SMILES string of the molecule is O=C(CCl)NC/C=C\COc1cc(CN2CCCCC2)ccn1. The number of carbonyl (C=O) groups excluding carboxylic acids is 1. The lowest BCUT2D eigenvalue weighted by Gasteiger charge is -2.26. The van der Waals surface area contributed by atoms with Crippen LogP contribution < -0.4 is 10.1 Å². The Balaban J connectivity index is 1.71. The summed E-state index contributed by atoms with van der Waals surface area (Å²) in [5.41, 5.74) is 1.23. The number of rotatable bonds is 8. The fourth-order valence-corrected chi connectivity index (χ4v) is 2.60. The van der Waals surface area contributed by atoms with Gasteiger partial charge >= 0.3 is 0 Å². The van der Waals surface area contributed by atoms with Gasteiger partial charge in [-0.2, -0.15) is 0 Å². The van der Waals surface area contributed by atoms with Gasteiger partial charge in [-0.25, -0.2) is 4.98 Å². The van der Waals surface area contributed by atoms with Crippen LogP contribution in [0.1, 0.15) is 24.8 Å². The molecule has 5 nitrogen and oxygen atoms in total. The van der Waals surface area contributed by atoms with Crippen molar-refractivity contribution in [2.75, 3.05) is 32.1 Å². The number of amides is 1. The number of halogens is 1. The Labute approximate surface area is 142 Å². The highest BCUT2D eigenvalue weighted by molar-refractivity contribution is 6.27.